The molecule has 2 aliphatic heterocycles. The minimum Gasteiger partial charge on any atom is -0.378 e. The van der Waals surface area contributed by atoms with Crippen LogP contribution in [-0.4, -0.2) is 70.7 Å². The van der Waals surface area contributed by atoms with E-state index in [9.17, 15) is 4.79 Å². The number of nitrogens with one attached hydrogen (secondary N) is 1. The summed E-state index contributed by atoms with van der Waals surface area (Å²) in [6.45, 7) is 6.25. The molecule has 1 aromatic heterocycles. The van der Waals surface area contributed by atoms with Gasteiger partial charge in [-0.3, -0.25) is 14.3 Å². The predicted molar refractivity (Wildman–Crippen MR) is 135 cm³/mol. The van der Waals surface area contributed by atoms with E-state index in [1.165, 1.54) is 24.6 Å². The molecule has 0 unspecified atom stereocenters. The van der Waals surface area contributed by atoms with E-state index in [0.29, 0.717) is 0 Å². The van der Waals surface area contributed by atoms with Gasteiger partial charge in [0, 0.05) is 30.2 Å². The van der Waals surface area contributed by atoms with Gasteiger partial charge in [-0.15, -0.1) is 10.2 Å². The Hall–Kier alpha value is -2.88. The summed E-state index contributed by atoms with van der Waals surface area (Å²) in [6.07, 6.45) is 2.46. The smallest absolute Gasteiger partial charge is 0.234 e. The normalized spacial score (nSPS) is 16.6. The lowest BCUT2D eigenvalue weighted by Crippen LogP contribution is -2.36. The Balaban J connectivity index is 1.22. The summed E-state index contributed by atoms with van der Waals surface area (Å²) in [7, 11) is 0. The Bertz CT molecular complexity index is 1080. The van der Waals surface area contributed by atoms with Gasteiger partial charge in [-0.05, 0) is 62.3 Å². The lowest BCUT2D eigenvalue weighted by molar-refractivity contribution is -0.113. The van der Waals surface area contributed by atoms with Crippen molar-refractivity contribution in [2.24, 2.45) is 0 Å². The summed E-state index contributed by atoms with van der Waals surface area (Å²) < 4.78 is 7.49. The van der Waals surface area contributed by atoms with E-state index < -0.39 is 0 Å². The van der Waals surface area contributed by atoms with Gasteiger partial charge in [0.1, 0.15) is 0 Å². The van der Waals surface area contributed by atoms with Crippen LogP contribution in [0.2, 0.25) is 0 Å². The average molecular weight is 479 g/mol. The molecule has 0 aliphatic carbocycles. The highest BCUT2D eigenvalue weighted by Crippen LogP contribution is 2.24. The topological polar surface area (TPSA) is 75.5 Å². The molecule has 178 valence electrons. The van der Waals surface area contributed by atoms with E-state index in [-0.39, 0.29) is 11.7 Å². The predicted octanol–water partition coefficient (Wildman–Crippen LogP) is 3.43. The summed E-state index contributed by atoms with van der Waals surface area (Å²) in [5.74, 6) is 1.11. The standard InChI is InChI=1S/C25H30N6O2S/c32-24(26-20-8-10-21(11-9-20)30-14-16-33-17-15-30)19-34-25-28-27-23(18-29-12-4-5-13-29)31(25)22-6-2-1-3-7-22/h1-3,6-11H,4-5,12-19H2,(H,26,32). The molecule has 3 aromatic rings. The zero-order valence-corrected chi connectivity index (χ0v) is 20.0. The zero-order chi connectivity index (χ0) is 23.2. The number of thioether (sulfide) groups is 1. The minimum absolute atomic E-state index is 0.0622. The summed E-state index contributed by atoms with van der Waals surface area (Å²) in [4.78, 5) is 17.4. The van der Waals surface area contributed by atoms with Crippen molar-refractivity contribution in [2.45, 2.75) is 24.5 Å². The summed E-state index contributed by atoms with van der Waals surface area (Å²) >= 11 is 1.41. The molecule has 0 atom stereocenters. The Labute approximate surface area is 204 Å². The first kappa shape index (κ1) is 22.9. The van der Waals surface area contributed by atoms with Gasteiger partial charge in [0.25, 0.3) is 0 Å². The highest BCUT2D eigenvalue weighted by molar-refractivity contribution is 7.99. The molecular formula is C25H30N6O2S. The molecule has 2 fully saturated rings. The number of ether oxygens (including phenoxy) is 1. The van der Waals surface area contributed by atoms with Crippen LogP contribution in [0.3, 0.4) is 0 Å². The monoisotopic (exact) mass is 478 g/mol. The SMILES string of the molecule is O=C(CSc1nnc(CN2CCCC2)n1-c1ccccc1)Nc1ccc(N2CCOCC2)cc1. The molecule has 0 bridgehead atoms. The van der Waals surface area contributed by atoms with Crippen molar-refractivity contribution >= 4 is 29.0 Å². The van der Waals surface area contributed by atoms with Gasteiger partial charge in [-0.25, -0.2) is 0 Å². The largest absolute Gasteiger partial charge is 0.378 e. The van der Waals surface area contributed by atoms with Crippen LogP contribution >= 0.6 is 11.8 Å². The third kappa shape index (κ3) is 5.60. The second kappa shape index (κ2) is 11.0. The zero-order valence-electron chi connectivity index (χ0n) is 19.2. The number of carbonyl (C=O) groups excluding carboxylic acids is 1. The van der Waals surface area contributed by atoms with Crippen molar-refractivity contribution in [3.63, 3.8) is 0 Å². The number of rotatable bonds is 8. The van der Waals surface area contributed by atoms with Crippen molar-refractivity contribution in [1.82, 2.24) is 19.7 Å². The first-order valence-corrected chi connectivity index (χ1v) is 12.8. The number of hydrogen-bond acceptors (Lipinski definition) is 7. The van der Waals surface area contributed by atoms with Gasteiger partial charge >= 0.3 is 0 Å². The number of amides is 1. The first-order valence-electron chi connectivity index (χ1n) is 11.8. The van der Waals surface area contributed by atoms with Crippen molar-refractivity contribution in [3.05, 3.63) is 60.4 Å². The lowest BCUT2D eigenvalue weighted by atomic mass is 10.2. The van der Waals surface area contributed by atoms with Gasteiger partial charge in [0.05, 0.1) is 25.5 Å². The van der Waals surface area contributed by atoms with Crippen molar-refractivity contribution < 1.29 is 9.53 Å². The van der Waals surface area contributed by atoms with Crippen molar-refractivity contribution in [1.29, 1.82) is 0 Å². The Morgan fingerprint density at radius 1 is 0.912 bits per heavy atom. The third-order valence-electron chi connectivity index (χ3n) is 6.14. The maximum Gasteiger partial charge on any atom is 0.234 e. The van der Waals surface area contributed by atoms with Crippen LogP contribution in [0.15, 0.2) is 59.8 Å². The molecule has 0 radical (unpaired) electrons. The van der Waals surface area contributed by atoms with E-state index in [4.69, 9.17) is 4.74 Å². The van der Waals surface area contributed by atoms with Crippen LogP contribution < -0.4 is 10.2 Å². The summed E-state index contributed by atoms with van der Waals surface area (Å²) in [5, 5.41) is 12.6. The van der Waals surface area contributed by atoms with Crippen LogP contribution in [0, 0.1) is 0 Å². The van der Waals surface area contributed by atoms with E-state index >= 15 is 0 Å². The van der Waals surface area contributed by atoms with Crippen LogP contribution in [0.5, 0.6) is 0 Å². The summed E-state index contributed by atoms with van der Waals surface area (Å²) in [5.41, 5.74) is 2.96. The van der Waals surface area contributed by atoms with E-state index in [1.807, 2.05) is 42.5 Å². The molecule has 9 heteroatoms. The molecule has 3 heterocycles. The Morgan fingerprint density at radius 2 is 1.65 bits per heavy atom. The number of likely N-dealkylation sites (tertiary alicyclic amines) is 1. The fourth-order valence-corrected chi connectivity index (χ4v) is 5.15. The molecule has 2 aromatic carbocycles. The van der Waals surface area contributed by atoms with Crippen LogP contribution in [0.4, 0.5) is 11.4 Å². The fourth-order valence-electron chi connectivity index (χ4n) is 4.38. The van der Waals surface area contributed by atoms with Crippen LogP contribution in [0.25, 0.3) is 5.69 Å². The van der Waals surface area contributed by atoms with Gasteiger partial charge < -0.3 is 15.0 Å². The molecule has 1 N–H and O–H groups in total. The Kier molecular flexibility index (Phi) is 7.43. The summed E-state index contributed by atoms with van der Waals surface area (Å²) in [6, 6.07) is 18.1. The second-order valence-corrected chi connectivity index (χ2v) is 9.48. The molecule has 0 saturated carbocycles. The number of aromatic nitrogens is 3. The second-order valence-electron chi connectivity index (χ2n) is 8.54. The molecule has 8 nitrogen and oxygen atoms in total. The highest BCUT2D eigenvalue weighted by Gasteiger charge is 2.20. The third-order valence-corrected chi connectivity index (χ3v) is 7.07. The highest BCUT2D eigenvalue weighted by atomic mass is 32.2. The van der Waals surface area contributed by atoms with Crippen molar-refractivity contribution in [3.8, 4) is 5.69 Å². The van der Waals surface area contributed by atoms with Gasteiger partial charge in [0.15, 0.2) is 11.0 Å². The quantitative estimate of drug-likeness (QED) is 0.497. The maximum atomic E-state index is 12.7. The fraction of sp³-hybridized carbons (Fsp3) is 0.400. The molecule has 2 saturated heterocycles. The first-order chi connectivity index (χ1) is 16.8. The number of carbonyl (C=O) groups is 1. The van der Waals surface area contributed by atoms with Crippen LogP contribution in [-0.2, 0) is 16.1 Å². The number of morpholine rings is 1. The van der Waals surface area contributed by atoms with E-state index in [0.717, 1.165) is 74.0 Å². The maximum absolute atomic E-state index is 12.7. The molecule has 2 aliphatic rings. The van der Waals surface area contributed by atoms with Gasteiger partial charge in [-0.1, -0.05) is 30.0 Å². The number of para-hydroxylation sites is 1. The van der Waals surface area contributed by atoms with Crippen molar-refractivity contribution in [2.75, 3.05) is 55.4 Å². The van der Waals surface area contributed by atoms with E-state index in [2.05, 4.69) is 42.0 Å². The number of anilines is 2. The number of benzene rings is 2. The molecule has 5 rings (SSSR count). The average Bonchev–Trinajstić information content (AvgIpc) is 3.54. The molecule has 34 heavy (non-hydrogen) atoms. The number of hydrogen-bond donors (Lipinski definition) is 1. The Morgan fingerprint density at radius 3 is 2.38 bits per heavy atom. The minimum atomic E-state index is -0.0622. The number of nitrogens with zero attached hydrogens (tertiary/aromatic N) is 5. The molecule has 1 amide bonds. The van der Waals surface area contributed by atoms with Gasteiger partial charge in [-0.2, -0.15) is 0 Å². The molecular weight excluding hydrogens is 448 g/mol. The lowest BCUT2D eigenvalue weighted by Gasteiger charge is -2.28. The van der Waals surface area contributed by atoms with Crippen LogP contribution in [0.1, 0.15) is 18.7 Å². The van der Waals surface area contributed by atoms with E-state index in [1.54, 1.807) is 0 Å². The molecule has 0 spiro atoms. The van der Waals surface area contributed by atoms with Gasteiger partial charge in [0.2, 0.25) is 5.91 Å².